The highest BCUT2D eigenvalue weighted by molar-refractivity contribution is 5.69. The van der Waals surface area contributed by atoms with Crippen molar-refractivity contribution >= 4 is 5.97 Å². The third kappa shape index (κ3) is 33.2. The second-order valence-corrected chi connectivity index (χ2v) is 9.57. The van der Waals surface area contributed by atoms with E-state index in [1.54, 1.807) is 0 Å². The number of rotatable bonds is 32. The minimum absolute atomic E-state index is 0.117. The molecule has 0 heterocycles. The Hall–Kier alpha value is -0.730. The first kappa shape index (κ1) is 36.3. The van der Waals surface area contributed by atoms with Crippen LogP contribution in [0.2, 0.25) is 0 Å². The molecule has 7 nitrogen and oxygen atoms in total. The van der Waals surface area contributed by atoms with Gasteiger partial charge in [-0.3, -0.25) is 4.79 Å². The van der Waals surface area contributed by atoms with Crippen LogP contribution in [0.5, 0.6) is 0 Å². The van der Waals surface area contributed by atoms with Crippen LogP contribution in [0.1, 0.15) is 117 Å². The number of carbonyl (C=O) groups excluding carboxylic acids is 1. The molecule has 0 saturated heterocycles. The summed E-state index contributed by atoms with van der Waals surface area (Å²) in [6, 6.07) is 0. The van der Waals surface area contributed by atoms with E-state index in [0.717, 1.165) is 12.8 Å². The zero-order valence-electron chi connectivity index (χ0n) is 24.4. The smallest absolute Gasteiger partial charge is 0.305 e. The Kier molecular flexibility index (Phi) is 32.6. The molecule has 0 aromatic carbocycles. The molecule has 0 aromatic heterocycles. The molecule has 0 bridgehead atoms. The van der Waals surface area contributed by atoms with Gasteiger partial charge in [0, 0.05) is 13.0 Å². The van der Waals surface area contributed by atoms with Gasteiger partial charge < -0.3 is 28.4 Å². The van der Waals surface area contributed by atoms with Crippen molar-refractivity contribution in [3.8, 4) is 0 Å². The SMILES string of the molecule is CCCCCCCCCCCCCCCCCC(=O)OCCOCCOCCOCCOCCOCC. The van der Waals surface area contributed by atoms with Gasteiger partial charge in [-0.25, -0.2) is 0 Å². The largest absolute Gasteiger partial charge is 0.463 e. The highest BCUT2D eigenvalue weighted by Crippen LogP contribution is 2.13. The van der Waals surface area contributed by atoms with Gasteiger partial charge in [0.2, 0.25) is 0 Å². The summed E-state index contributed by atoms with van der Waals surface area (Å²) in [6.07, 6.45) is 20.4. The molecule has 0 rings (SSSR count). The Bertz CT molecular complexity index is 434. The van der Waals surface area contributed by atoms with E-state index >= 15 is 0 Å². The molecule has 0 saturated carbocycles. The van der Waals surface area contributed by atoms with Gasteiger partial charge in [-0.1, -0.05) is 96.8 Å². The van der Waals surface area contributed by atoms with Crippen molar-refractivity contribution in [1.29, 1.82) is 0 Å². The molecule has 0 N–H and O–H groups in total. The number of esters is 1. The number of hydrogen-bond donors (Lipinski definition) is 0. The lowest BCUT2D eigenvalue weighted by Crippen LogP contribution is -2.15. The van der Waals surface area contributed by atoms with Crippen molar-refractivity contribution in [3.05, 3.63) is 0 Å². The zero-order chi connectivity index (χ0) is 26.9. The molecular formula is C30H60O7. The Morgan fingerprint density at radius 2 is 0.730 bits per heavy atom. The molecule has 0 radical (unpaired) electrons. The van der Waals surface area contributed by atoms with Crippen LogP contribution >= 0.6 is 0 Å². The van der Waals surface area contributed by atoms with Crippen LogP contribution in [0, 0.1) is 0 Å². The highest BCUT2D eigenvalue weighted by Gasteiger charge is 2.03. The van der Waals surface area contributed by atoms with Crippen molar-refractivity contribution in [2.75, 3.05) is 72.7 Å². The van der Waals surface area contributed by atoms with E-state index in [-0.39, 0.29) is 5.97 Å². The molecule has 37 heavy (non-hydrogen) atoms. The average molecular weight is 533 g/mol. The summed E-state index contributed by atoms with van der Waals surface area (Å²) in [5.74, 6) is -0.117. The number of hydrogen-bond acceptors (Lipinski definition) is 7. The zero-order valence-corrected chi connectivity index (χ0v) is 24.4. The van der Waals surface area contributed by atoms with E-state index in [9.17, 15) is 4.79 Å². The minimum Gasteiger partial charge on any atom is -0.463 e. The first-order valence-corrected chi connectivity index (χ1v) is 15.4. The van der Waals surface area contributed by atoms with Crippen LogP contribution in [0.4, 0.5) is 0 Å². The van der Waals surface area contributed by atoms with Crippen molar-refractivity contribution in [2.45, 2.75) is 117 Å². The van der Waals surface area contributed by atoms with Crippen molar-refractivity contribution in [3.63, 3.8) is 0 Å². The number of unbranched alkanes of at least 4 members (excludes halogenated alkanes) is 14. The maximum absolute atomic E-state index is 11.8. The Morgan fingerprint density at radius 3 is 1.11 bits per heavy atom. The van der Waals surface area contributed by atoms with Gasteiger partial charge in [0.1, 0.15) is 6.61 Å². The summed E-state index contributed by atoms with van der Waals surface area (Å²) in [6.45, 7) is 10.0. The molecule has 0 amide bonds. The maximum Gasteiger partial charge on any atom is 0.305 e. The van der Waals surface area contributed by atoms with Crippen LogP contribution < -0.4 is 0 Å². The van der Waals surface area contributed by atoms with E-state index in [0.29, 0.717) is 79.1 Å². The second kappa shape index (κ2) is 33.3. The number of carbonyl (C=O) groups is 1. The summed E-state index contributed by atoms with van der Waals surface area (Å²) in [5, 5.41) is 0. The summed E-state index contributed by atoms with van der Waals surface area (Å²) >= 11 is 0. The van der Waals surface area contributed by atoms with E-state index in [1.165, 1.54) is 83.5 Å². The molecule has 0 spiro atoms. The second-order valence-electron chi connectivity index (χ2n) is 9.57. The Morgan fingerprint density at radius 1 is 0.405 bits per heavy atom. The molecular weight excluding hydrogens is 472 g/mol. The first-order valence-electron chi connectivity index (χ1n) is 15.4. The summed E-state index contributed by atoms with van der Waals surface area (Å²) in [7, 11) is 0. The lowest BCUT2D eigenvalue weighted by atomic mass is 10.0. The normalized spacial score (nSPS) is 11.3. The Balaban J connectivity index is 3.14. The van der Waals surface area contributed by atoms with Gasteiger partial charge in [-0.15, -0.1) is 0 Å². The lowest BCUT2D eigenvalue weighted by molar-refractivity contribution is -0.145. The molecule has 0 fully saturated rings. The monoisotopic (exact) mass is 532 g/mol. The molecule has 0 aliphatic heterocycles. The fraction of sp³-hybridized carbons (Fsp3) is 0.967. The molecule has 0 aliphatic carbocycles. The third-order valence-electron chi connectivity index (χ3n) is 6.17. The summed E-state index contributed by atoms with van der Waals surface area (Å²) in [4.78, 5) is 11.8. The Labute approximate surface area is 228 Å². The third-order valence-corrected chi connectivity index (χ3v) is 6.17. The standard InChI is InChI=1S/C30H60O7/c1-3-5-6-7-8-9-10-11-12-13-14-15-16-17-18-19-30(31)37-29-28-36-27-26-35-25-24-34-23-22-33-21-20-32-4-2/h3-29H2,1-2H3. The van der Waals surface area contributed by atoms with E-state index < -0.39 is 0 Å². The molecule has 0 aromatic rings. The van der Waals surface area contributed by atoms with E-state index in [4.69, 9.17) is 28.4 Å². The first-order chi connectivity index (χ1) is 18.3. The molecule has 222 valence electrons. The fourth-order valence-corrected chi connectivity index (χ4v) is 3.95. The van der Waals surface area contributed by atoms with Gasteiger partial charge in [0.05, 0.1) is 59.5 Å². The van der Waals surface area contributed by atoms with Crippen LogP contribution in [0.15, 0.2) is 0 Å². The minimum atomic E-state index is -0.117. The number of ether oxygens (including phenoxy) is 6. The van der Waals surface area contributed by atoms with Gasteiger partial charge >= 0.3 is 5.97 Å². The highest BCUT2D eigenvalue weighted by atomic mass is 16.6. The van der Waals surface area contributed by atoms with Crippen molar-refractivity contribution in [1.82, 2.24) is 0 Å². The van der Waals surface area contributed by atoms with Gasteiger partial charge in [0.15, 0.2) is 0 Å². The molecule has 7 heteroatoms. The predicted octanol–water partition coefficient (Wildman–Crippen LogP) is 6.89. The van der Waals surface area contributed by atoms with E-state index in [2.05, 4.69) is 6.92 Å². The average Bonchev–Trinajstić information content (AvgIpc) is 2.90. The molecule has 0 atom stereocenters. The fourth-order valence-electron chi connectivity index (χ4n) is 3.95. The van der Waals surface area contributed by atoms with Crippen LogP contribution in [0.3, 0.4) is 0 Å². The van der Waals surface area contributed by atoms with E-state index in [1.807, 2.05) is 6.92 Å². The van der Waals surface area contributed by atoms with Gasteiger partial charge in [-0.05, 0) is 13.3 Å². The molecule has 0 aliphatic rings. The quantitative estimate of drug-likeness (QED) is 0.0689. The lowest BCUT2D eigenvalue weighted by Gasteiger charge is -2.08. The summed E-state index contributed by atoms with van der Waals surface area (Å²) in [5.41, 5.74) is 0. The maximum atomic E-state index is 11.8. The van der Waals surface area contributed by atoms with Crippen LogP contribution in [-0.2, 0) is 33.2 Å². The van der Waals surface area contributed by atoms with Crippen LogP contribution in [0.25, 0.3) is 0 Å². The van der Waals surface area contributed by atoms with Crippen LogP contribution in [-0.4, -0.2) is 78.6 Å². The topological polar surface area (TPSA) is 72.5 Å². The van der Waals surface area contributed by atoms with Gasteiger partial charge in [-0.2, -0.15) is 0 Å². The summed E-state index contributed by atoms with van der Waals surface area (Å²) < 4.78 is 32.1. The van der Waals surface area contributed by atoms with Crippen molar-refractivity contribution < 1.29 is 33.2 Å². The van der Waals surface area contributed by atoms with Crippen molar-refractivity contribution in [2.24, 2.45) is 0 Å². The van der Waals surface area contributed by atoms with Gasteiger partial charge in [0.25, 0.3) is 0 Å². The predicted molar refractivity (Wildman–Crippen MR) is 150 cm³/mol. The molecule has 0 unspecified atom stereocenters.